The number of hydrogen-bond donors (Lipinski definition) is 3. The first kappa shape index (κ1) is 18.0. The van der Waals surface area contributed by atoms with Gasteiger partial charge in [0, 0.05) is 12.0 Å². The van der Waals surface area contributed by atoms with Crippen LogP contribution in [0.25, 0.3) is 0 Å². The molecule has 0 fully saturated rings. The predicted octanol–water partition coefficient (Wildman–Crippen LogP) is 2.53. The second-order valence-electron chi connectivity index (χ2n) is 5.24. The molecule has 1 atom stereocenters. The normalized spacial score (nSPS) is 11.4. The Morgan fingerprint density at radius 3 is 2.28 bits per heavy atom. The summed E-state index contributed by atoms with van der Waals surface area (Å²) in [7, 11) is 0. The minimum absolute atomic E-state index is 0.198. The Kier molecular flexibility index (Phi) is 6.11. The number of hydrogen-bond acceptors (Lipinski definition) is 4. The van der Waals surface area contributed by atoms with Crippen LogP contribution >= 0.6 is 0 Å². The van der Waals surface area contributed by atoms with Gasteiger partial charge < -0.3 is 20.3 Å². The molecule has 7 heteroatoms. The molecule has 0 aliphatic heterocycles. The van der Waals surface area contributed by atoms with Gasteiger partial charge in [-0.05, 0) is 36.8 Å². The number of carboxylic acids is 2. The Hall–Kier alpha value is -3.35. The highest BCUT2D eigenvalue weighted by atomic mass is 16.5. The summed E-state index contributed by atoms with van der Waals surface area (Å²) >= 11 is 0. The average molecular weight is 343 g/mol. The van der Waals surface area contributed by atoms with E-state index in [1.54, 1.807) is 24.3 Å². The monoisotopic (exact) mass is 343 g/mol. The molecule has 2 aromatic carbocycles. The van der Waals surface area contributed by atoms with E-state index in [4.69, 9.17) is 14.9 Å². The Bertz CT molecular complexity index is 759. The lowest BCUT2D eigenvalue weighted by molar-refractivity contribution is -0.140. The fourth-order valence-corrected chi connectivity index (χ4v) is 2.09. The quantitative estimate of drug-likeness (QED) is 0.679. The number of ether oxygens (including phenoxy) is 1. The second kappa shape index (κ2) is 8.49. The molecule has 0 bridgehead atoms. The van der Waals surface area contributed by atoms with Gasteiger partial charge in [-0.2, -0.15) is 0 Å². The van der Waals surface area contributed by atoms with Crippen LogP contribution in [0.15, 0.2) is 54.6 Å². The first-order valence-corrected chi connectivity index (χ1v) is 7.54. The second-order valence-corrected chi connectivity index (χ2v) is 5.24. The van der Waals surface area contributed by atoms with Crippen molar-refractivity contribution in [2.75, 3.05) is 0 Å². The topological polar surface area (TPSA) is 113 Å². The highest BCUT2D eigenvalue weighted by Crippen LogP contribution is 2.21. The molecule has 0 heterocycles. The zero-order chi connectivity index (χ0) is 18.2. The molecular weight excluding hydrogens is 326 g/mol. The van der Waals surface area contributed by atoms with E-state index in [1.165, 1.54) is 12.1 Å². The van der Waals surface area contributed by atoms with Crippen LogP contribution in [-0.2, 0) is 9.59 Å². The first-order chi connectivity index (χ1) is 12.0. The minimum Gasteiger partial charge on any atom is -0.481 e. The zero-order valence-corrected chi connectivity index (χ0v) is 13.2. The smallest absolute Gasteiger partial charge is 0.326 e. The number of amides is 1. The van der Waals surface area contributed by atoms with Crippen molar-refractivity contribution in [1.82, 2.24) is 5.32 Å². The van der Waals surface area contributed by atoms with Crippen LogP contribution in [0, 0.1) is 0 Å². The molecule has 1 amide bonds. The van der Waals surface area contributed by atoms with Crippen LogP contribution in [0.4, 0.5) is 0 Å². The van der Waals surface area contributed by atoms with Crippen molar-refractivity contribution in [3.63, 3.8) is 0 Å². The number of benzene rings is 2. The van der Waals surface area contributed by atoms with Crippen molar-refractivity contribution < 1.29 is 29.3 Å². The van der Waals surface area contributed by atoms with Gasteiger partial charge in [-0.25, -0.2) is 4.79 Å². The van der Waals surface area contributed by atoms with Crippen molar-refractivity contribution in [2.24, 2.45) is 0 Å². The molecular formula is C18H17NO6. The predicted molar refractivity (Wildman–Crippen MR) is 88.7 cm³/mol. The summed E-state index contributed by atoms with van der Waals surface area (Å²) in [5, 5.41) is 20.1. The van der Waals surface area contributed by atoms with Crippen molar-refractivity contribution in [1.29, 1.82) is 0 Å². The molecule has 0 saturated heterocycles. The first-order valence-electron chi connectivity index (χ1n) is 7.54. The number of rotatable bonds is 8. The lowest BCUT2D eigenvalue weighted by Gasteiger charge is -2.14. The van der Waals surface area contributed by atoms with Crippen LogP contribution in [0.2, 0.25) is 0 Å². The summed E-state index contributed by atoms with van der Waals surface area (Å²) < 4.78 is 5.63. The molecule has 3 N–H and O–H groups in total. The lowest BCUT2D eigenvalue weighted by atomic mass is 10.1. The molecule has 25 heavy (non-hydrogen) atoms. The number of carbonyl (C=O) groups excluding carboxylic acids is 1. The largest absolute Gasteiger partial charge is 0.481 e. The van der Waals surface area contributed by atoms with Crippen LogP contribution in [0.1, 0.15) is 23.2 Å². The summed E-state index contributed by atoms with van der Waals surface area (Å²) in [6.45, 7) is 0. The number of carbonyl (C=O) groups is 3. The van der Waals surface area contributed by atoms with E-state index >= 15 is 0 Å². The van der Waals surface area contributed by atoms with Gasteiger partial charge in [-0.1, -0.05) is 24.3 Å². The fourth-order valence-electron chi connectivity index (χ4n) is 2.09. The van der Waals surface area contributed by atoms with Gasteiger partial charge >= 0.3 is 11.9 Å². The Morgan fingerprint density at radius 1 is 0.960 bits per heavy atom. The number of para-hydroxylation sites is 1. The molecule has 0 radical (unpaired) electrons. The van der Waals surface area contributed by atoms with Crippen LogP contribution in [-0.4, -0.2) is 34.1 Å². The Morgan fingerprint density at radius 2 is 1.64 bits per heavy atom. The molecule has 2 rings (SSSR count). The standard InChI is InChI=1S/C18H17NO6/c20-16(21)10-9-15(18(23)24)19-17(22)12-5-4-8-14(11-12)25-13-6-2-1-3-7-13/h1-8,11,15H,9-10H2,(H,19,22)(H,20,21)(H,23,24). The minimum atomic E-state index is -1.29. The van der Waals surface area contributed by atoms with E-state index in [0.717, 1.165) is 0 Å². The van der Waals surface area contributed by atoms with Gasteiger partial charge in [0.1, 0.15) is 17.5 Å². The van der Waals surface area contributed by atoms with Gasteiger partial charge in [0.2, 0.25) is 0 Å². The highest BCUT2D eigenvalue weighted by Gasteiger charge is 2.21. The van der Waals surface area contributed by atoms with Crippen molar-refractivity contribution in [2.45, 2.75) is 18.9 Å². The van der Waals surface area contributed by atoms with E-state index in [1.807, 2.05) is 18.2 Å². The van der Waals surface area contributed by atoms with E-state index in [0.29, 0.717) is 11.5 Å². The maximum atomic E-state index is 12.2. The van der Waals surface area contributed by atoms with Crippen LogP contribution in [0.5, 0.6) is 11.5 Å². The molecule has 1 unspecified atom stereocenters. The third-order valence-electron chi connectivity index (χ3n) is 3.33. The van der Waals surface area contributed by atoms with Gasteiger partial charge in [0.05, 0.1) is 0 Å². The summed E-state index contributed by atoms with van der Waals surface area (Å²) in [6, 6.07) is 14.0. The summed E-state index contributed by atoms with van der Waals surface area (Å²) in [6.07, 6.45) is -0.551. The lowest BCUT2D eigenvalue weighted by Crippen LogP contribution is -2.41. The van der Waals surface area contributed by atoms with E-state index < -0.39 is 23.9 Å². The van der Waals surface area contributed by atoms with Crippen LogP contribution in [0.3, 0.4) is 0 Å². The maximum Gasteiger partial charge on any atom is 0.326 e. The maximum absolute atomic E-state index is 12.2. The van der Waals surface area contributed by atoms with Crippen LogP contribution < -0.4 is 10.1 Å². The SMILES string of the molecule is O=C(O)CCC(NC(=O)c1cccc(Oc2ccccc2)c1)C(=O)O. The van der Waals surface area contributed by atoms with Crippen molar-refractivity contribution in [3.05, 3.63) is 60.2 Å². The molecule has 0 spiro atoms. The number of nitrogens with one attached hydrogen (secondary N) is 1. The van der Waals surface area contributed by atoms with Crippen molar-refractivity contribution >= 4 is 17.8 Å². The molecule has 0 aliphatic carbocycles. The summed E-state index contributed by atoms with van der Waals surface area (Å²) in [5.41, 5.74) is 0.218. The van der Waals surface area contributed by atoms with Gasteiger partial charge in [0.25, 0.3) is 5.91 Å². The van der Waals surface area contributed by atoms with E-state index in [-0.39, 0.29) is 18.4 Å². The Balaban J connectivity index is 2.06. The Labute approximate surface area is 143 Å². The molecule has 7 nitrogen and oxygen atoms in total. The average Bonchev–Trinajstić information content (AvgIpc) is 2.59. The highest BCUT2D eigenvalue weighted by molar-refractivity contribution is 5.97. The zero-order valence-electron chi connectivity index (χ0n) is 13.2. The van der Waals surface area contributed by atoms with Gasteiger partial charge in [0.15, 0.2) is 0 Å². The van der Waals surface area contributed by atoms with Gasteiger partial charge in [-0.15, -0.1) is 0 Å². The van der Waals surface area contributed by atoms with Crippen molar-refractivity contribution in [3.8, 4) is 11.5 Å². The number of aliphatic carboxylic acids is 2. The third-order valence-corrected chi connectivity index (χ3v) is 3.33. The fraction of sp³-hybridized carbons (Fsp3) is 0.167. The molecule has 2 aromatic rings. The molecule has 0 saturated carbocycles. The third kappa shape index (κ3) is 5.65. The summed E-state index contributed by atoms with van der Waals surface area (Å²) in [4.78, 5) is 34.0. The molecule has 0 aromatic heterocycles. The number of carboxylic acid groups (broad SMARTS) is 2. The van der Waals surface area contributed by atoms with E-state index in [2.05, 4.69) is 5.32 Å². The van der Waals surface area contributed by atoms with E-state index in [9.17, 15) is 14.4 Å². The molecule has 0 aliphatic rings. The summed E-state index contributed by atoms with van der Waals surface area (Å²) in [5.74, 6) is -2.00. The molecule has 130 valence electrons. The van der Waals surface area contributed by atoms with Gasteiger partial charge in [-0.3, -0.25) is 9.59 Å².